The topological polar surface area (TPSA) is 55.1 Å². The summed E-state index contributed by atoms with van der Waals surface area (Å²) in [4.78, 5) is 13.6. The van der Waals surface area contributed by atoms with E-state index in [1.807, 2.05) is 24.3 Å². The van der Waals surface area contributed by atoms with Gasteiger partial charge in [0.05, 0.1) is 6.04 Å². The summed E-state index contributed by atoms with van der Waals surface area (Å²) in [5, 5.41) is 5.30. The number of fused-ring (bicyclic) bond motifs is 1. The molecule has 1 aromatic carbocycles. The average molecular weight is 337 g/mol. The van der Waals surface area contributed by atoms with E-state index in [2.05, 4.69) is 16.8 Å². The van der Waals surface area contributed by atoms with Gasteiger partial charge in [-0.1, -0.05) is 18.2 Å². The Labute approximate surface area is 141 Å². The van der Waals surface area contributed by atoms with Gasteiger partial charge in [0.25, 0.3) is 0 Å². The summed E-state index contributed by atoms with van der Waals surface area (Å²) in [6.45, 7) is 0. The smallest absolute Gasteiger partial charge is 0.220 e. The Bertz CT molecular complexity index is 641. The van der Waals surface area contributed by atoms with E-state index in [-0.39, 0.29) is 24.4 Å². The Hall–Kier alpha value is -1.52. The van der Waals surface area contributed by atoms with Gasteiger partial charge in [-0.3, -0.25) is 4.79 Å². The van der Waals surface area contributed by atoms with E-state index in [1.54, 1.807) is 11.3 Å². The maximum Gasteiger partial charge on any atom is 0.220 e. The number of thiophene rings is 1. The first-order chi connectivity index (χ1) is 10.2. The Balaban J connectivity index is 0.00000176. The Kier molecular flexibility index (Phi) is 5.86. The van der Waals surface area contributed by atoms with Crippen LogP contribution in [-0.2, 0) is 17.6 Å². The van der Waals surface area contributed by atoms with Gasteiger partial charge >= 0.3 is 0 Å². The molecule has 1 atom stereocenters. The molecule has 1 aliphatic carbocycles. The van der Waals surface area contributed by atoms with Crippen molar-refractivity contribution in [2.24, 2.45) is 0 Å². The number of benzene rings is 1. The highest BCUT2D eigenvalue weighted by molar-refractivity contribution is 7.10. The van der Waals surface area contributed by atoms with Gasteiger partial charge in [-0.05, 0) is 54.3 Å². The zero-order valence-electron chi connectivity index (χ0n) is 12.4. The molecule has 118 valence electrons. The number of hydrogen-bond donors (Lipinski definition) is 2. The summed E-state index contributed by atoms with van der Waals surface area (Å²) in [6.07, 6.45) is 4.54. The van der Waals surface area contributed by atoms with Crippen LogP contribution in [-0.4, -0.2) is 5.91 Å². The summed E-state index contributed by atoms with van der Waals surface area (Å²) in [5.74, 6) is 0.113. The lowest BCUT2D eigenvalue weighted by Gasteiger charge is -2.23. The van der Waals surface area contributed by atoms with Crippen LogP contribution in [0.2, 0.25) is 0 Å². The molecule has 1 aliphatic rings. The van der Waals surface area contributed by atoms with Crippen LogP contribution in [0.15, 0.2) is 35.7 Å². The second-order valence-electron chi connectivity index (χ2n) is 5.51. The third kappa shape index (κ3) is 3.81. The van der Waals surface area contributed by atoms with Gasteiger partial charge in [0.1, 0.15) is 0 Å². The number of amides is 1. The maximum atomic E-state index is 12.2. The first-order valence-electron chi connectivity index (χ1n) is 7.43. The minimum absolute atomic E-state index is 0. The SMILES string of the molecule is Cl.Nc1ccccc1CCC(=O)NC1CCCc2sccc21. The molecule has 5 heteroatoms. The van der Waals surface area contributed by atoms with E-state index in [0.717, 1.165) is 30.5 Å². The first kappa shape index (κ1) is 16.8. The van der Waals surface area contributed by atoms with E-state index in [1.165, 1.54) is 10.4 Å². The van der Waals surface area contributed by atoms with Crippen molar-refractivity contribution in [3.63, 3.8) is 0 Å². The highest BCUT2D eigenvalue weighted by Crippen LogP contribution is 2.33. The van der Waals surface area contributed by atoms with Crippen molar-refractivity contribution in [2.75, 3.05) is 5.73 Å². The largest absolute Gasteiger partial charge is 0.399 e. The predicted octanol–water partition coefficient (Wildman–Crippen LogP) is 3.88. The van der Waals surface area contributed by atoms with Crippen LogP contribution in [0.5, 0.6) is 0 Å². The zero-order chi connectivity index (χ0) is 14.7. The summed E-state index contributed by atoms with van der Waals surface area (Å²) in [6, 6.07) is 10.1. The van der Waals surface area contributed by atoms with Crippen molar-refractivity contribution in [3.8, 4) is 0 Å². The quantitative estimate of drug-likeness (QED) is 0.832. The molecule has 0 radical (unpaired) electrons. The van der Waals surface area contributed by atoms with E-state index >= 15 is 0 Å². The van der Waals surface area contributed by atoms with Crippen LogP contribution in [0, 0.1) is 0 Å². The van der Waals surface area contributed by atoms with Crippen LogP contribution >= 0.6 is 23.7 Å². The molecular weight excluding hydrogens is 316 g/mol. The van der Waals surface area contributed by atoms with Crippen LogP contribution in [0.1, 0.15) is 41.3 Å². The monoisotopic (exact) mass is 336 g/mol. The molecule has 0 saturated carbocycles. The molecule has 1 aromatic heterocycles. The van der Waals surface area contributed by atoms with Crippen LogP contribution in [0.3, 0.4) is 0 Å². The predicted molar refractivity (Wildman–Crippen MR) is 94.6 cm³/mol. The fourth-order valence-electron chi connectivity index (χ4n) is 2.91. The third-order valence-corrected chi connectivity index (χ3v) is 5.06. The standard InChI is InChI=1S/C17H20N2OS.ClH/c18-14-5-2-1-4-12(14)8-9-17(20)19-15-6-3-7-16-13(15)10-11-21-16;/h1-2,4-5,10-11,15H,3,6-9,18H2,(H,19,20);1H. The Morgan fingerprint density at radius 1 is 1.32 bits per heavy atom. The molecule has 3 N–H and O–H groups in total. The molecule has 2 aromatic rings. The van der Waals surface area contributed by atoms with Gasteiger partial charge < -0.3 is 11.1 Å². The Morgan fingerprint density at radius 2 is 2.14 bits per heavy atom. The van der Waals surface area contributed by atoms with Gasteiger partial charge in [0.15, 0.2) is 0 Å². The lowest BCUT2D eigenvalue weighted by molar-refractivity contribution is -0.121. The summed E-state index contributed by atoms with van der Waals surface area (Å²) < 4.78 is 0. The van der Waals surface area contributed by atoms with Crippen molar-refractivity contribution in [3.05, 3.63) is 51.7 Å². The van der Waals surface area contributed by atoms with E-state index in [4.69, 9.17) is 5.73 Å². The molecule has 0 aliphatic heterocycles. The van der Waals surface area contributed by atoms with Crippen molar-refractivity contribution in [2.45, 2.75) is 38.1 Å². The van der Waals surface area contributed by atoms with Crippen LogP contribution in [0.25, 0.3) is 0 Å². The number of para-hydroxylation sites is 1. The van der Waals surface area contributed by atoms with E-state index in [9.17, 15) is 4.79 Å². The second kappa shape index (κ2) is 7.65. The number of nitrogens with two attached hydrogens (primary N) is 1. The van der Waals surface area contributed by atoms with Gasteiger partial charge in [0.2, 0.25) is 5.91 Å². The summed E-state index contributed by atoms with van der Waals surface area (Å²) in [5.41, 5.74) is 9.04. The molecule has 3 rings (SSSR count). The number of carbonyl (C=O) groups excluding carboxylic acids is 1. The highest BCUT2D eigenvalue weighted by Gasteiger charge is 2.22. The van der Waals surface area contributed by atoms with Gasteiger partial charge in [0, 0.05) is 17.0 Å². The van der Waals surface area contributed by atoms with Crippen molar-refractivity contribution >= 4 is 35.3 Å². The molecule has 1 unspecified atom stereocenters. The molecule has 0 fully saturated rings. The lowest BCUT2D eigenvalue weighted by atomic mass is 9.94. The van der Waals surface area contributed by atoms with Crippen LogP contribution in [0.4, 0.5) is 5.69 Å². The highest BCUT2D eigenvalue weighted by atomic mass is 35.5. The number of aryl methyl sites for hydroxylation is 2. The number of nitrogens with one attached hydrogen (secondary N) is 1. The fourth-order valence-corrected chi connectivity index (χ4v) is 3.90. The summed E-state index contributed by atoms with van der Waals surface area (Å²) >= 11 is 1.80. The molecule has 0 spiro atoms. The molecule has 1 heterocycles. The molecule has 1 amide bonds. The van der Waals surface area contributed by atoms with Crippen LogP contribution < -0.4 is 11.1 Å². The number of carbonyl (C=O) groups is 1. The van der Waals surface area contributed by atoms with Crippen molar-refractivity contribution in [1.29, 1.82) is 0 Å². The number of halogens is 1. The number of rotatable bonds is 4. The maximum absolute atomic E-state index is 12.2. The molecule has 0 bridgehead atoms. The average Bonchev–Trinajstić information content (AvgIpc) is 2.96. The molecule has 22 heavy (non-hydrogen) atoms. The molecule has 0 saturated heterocycles. The Morgan fingerprint density at radius 3 is 2.95 bits per heavy atom. The first-order valence-corrected chi connectivity index (χ1v) is 8.31. The van der Waals surface area contributed by atoms with E-state index in [0.29, 0.717) is 12.8 Å². The third-order valence-electron chi connectivity index (χ3n) is 4.06. The zero-order valence-corrected chi connectivity index (χ0v) is 14.0. The number of nitrogen functional groups attached to an aromatic ring is 1. The van der Waals surface area contributed by atoms with Gasteiger partial charge in [-0.15, -0.1) is 23.7 Å². The number of anilines is 1. The summed E-state index contributed by atoms with van der Waals surface area (Å²) in [7, 11) is 0. The van der Waals surface area contributed by atoms with Gasteiger partial charge in [-0.2, -0.15) is 0 Å². The second-order valence-corrected chi connectivity index (χ2v) is 6.51. The van der Waals surface area contributed by atoms with Crippen molar-refractivity contribution < 1.29 is 4.79 Å². The van der Waals surface area contributed by atoms with Gasteiger partial charge in [-0.25, -0.2) is 0 Å². The van der Waals surface area contributed by atoms with Crippen molar-refractivity contribution in [1.82, 2.24) is 5.32 Å². The minimum Gasteiger partial charge on any atom is -0.399 e. The minimum atomic E-state index is 0. The normalized spacial score (nSPS) is 16.5. The number of hydrogen-bond acceptors (Lipinski definition) is 3. The fraction of sp³-hybridized carbons (Fsp3) is 0.353. The molecular formula is C17H21ClN2OS. The lowest BCUT2D eigenvalue weighted by Crippen LogP contribution is -2.30. The van der Waals surface area contributed by atoms with E-state index < -0.39 is 0 Å². The molecule has 3 nitrogen and oxygen atoms in total.